The van der Waals surface area contributed by atoms with Gasteiger partial charge in [-0.2, -0.15) is 0 Å². The average molecular weight is 463 g/mol. The minimum absolute atomic E-state index is 0.0331. The van der Waals surface area contributed by atoms with E-state index in [1.165, 1.54) is 7.11 Å². The summed E-state index contributed by atoms with van der Waals surface area (Å²) in [6, 6.07) is 10.2. The molecule has 0 spiro atoms. The Hall–Kier alpha value is -2.58. The fraction of sp³-hybridized carbons (Fsp3) is 0.333. The van der Waals surface area contributed by atoms with Crippen LogP contribution in [-0.4, -0.2) is 53.4 Å². The van der Waals surface area contributed by atoms with Gasteiger partial charge in [-0.1, -0.05) is 22.0 Å². The van der Waals surface area contributed by atoms with Crippen molar-refractivity contribution in [2.45, 2.75) is 31.8 Å². The lowest BCUT2D eigenvalue weighted by Gasteiger charge is -2.16. The molecule has 0 radical (unpaired) electrons. The third-order valence-corrected chi connectivity index (χ3v) is 4.75. The van der Waals surface area contributed by atoms with Crippen LogP contribution in [0.2, 0.25) is 0 Å². The molecule has 3 rings (SSSR count). The number of benzodiazepines with no additional fused rings is 1. The molecule has 2 aromatic rings. The summed E-state index contributed by atoms with van der Waals surface area (Å²) in [5.41, 5.74) is 2.50. The standard InChI is InChI=1S/C21H23BrN4O3/c1-13(27)12-24-21-18(8-9-19(28)29-2)25-20(17-5-3-4-10-23-17)15-11-14(22)6-7-16(15)26-21/h3-7,10-11,13,18,27H,8-9,12H2,1-2H3,(H,24,26)/i1D3,13D. The van der Waals surface area contributed by atoms with Crippen molar-refractivity contribution in [3.63, 3.8) is 0 Å². The molecule has 0 fully saturated rings. The van der Waals surface area contributed by atoms with Gasteiger partial charge in [0.25, 0.3) is 0 Å². The summed E-state index contributed by atoms with van der Waals surface area (Å²) in [5, 5.41) is 13.3. The number of benzene rings is 1. The third kappa shape index (κ3) is 5.48. The number of ether oxygens (including phenoxy) is 1. The first kappa shape index (κ1) is 16.2. The van der Waals surface area contributed by atoms with Gasteiger partial charge in [0.1, 0.15) is 11.9 Å². The summed E-state index contributed by atoms with van der Waals surface area (Å²) in [5.74, 6) is -0.212. The number of carbonyl (C=O) groups excluding carboxylic acids is 1. The van der Waals surface area contributed by atoms with Gasteiger partial charge in [-0.05, 0) is 43.6 Å². The van der Waals surface area contributed by atoms with Crippen LogP contribution in [0.25, 0.3) is 0 Å². The molecule has 0 amide bonds. The lowest BCUT2D eigenvalue weighted by molar-refractivity contribution is -0.140. The number of aliphatic hydroxyl groups is 1. The van der Waals surface area contributed by atoms with Crippen LogP contribution >= 0.6 is 15.9 Å². The summed E-state index contributed by atoms with van der Waals surface area (Å²) >= 11 is 3.47. The fourth-order valence-corrected chi connectivity index (χ4v) is 3.26. The molecule has 7 nitrogen and oxygen atoms in total. The van der Waals surface area contributed by atoms with Crippen LogP contribution in [0.3, 0.4) is 0 Å². The molecule has 2 atom stereocenters. The lowest BCUT2D eigenvalue weighted by Crippen LogP contribution is -2.28. The van der Waals surface area contributed by atoms with E-state index in [1.807, 2.05) is 18.2 Å². The molecule has 2 heterocycles. The highest BCUT2D eigenvalue weighted by Crippen LogP contribution is 2.28. The van der Waals surface area contributed by atoms with Gasteiger partial charge in [-0.15, -0.1) is 0 Å². The second-order valence-corrected chi connectivity index (χ2v) is 7.20. The summed E-state index contributed by atoms with van der Waals surface area (Å²) in [4.78, 5) is 25.3. The number of hydrogen-bond acceptors (Lipinski definition) is 6. The van der Waals surface area contributed by atoms with Crippen molar-refractivity contribution < 1.29 is 20.1 Å². The van der Waals surface area contributed by atoms with Gasteiger partial charge in [0.2, 0.25) is 0 Å². The first-order chi connectivity index (χ1) is 15.5. The van der Waals surface area contributed by atoms with Crippen LogP contribution in [0, 0.1) is 0 Å². The van der Waals surface area contributed by atoms with Gasteiger partial charge in [-0.25, -0.2) is 0 Å². The zero-order valence-electron chi connectivity index (χ0n) is 19.7. The number of rotatable bonds is 6. The van der Waals surface area contributed by atoms with Crippen molar-refractivity contribution in [3.8, 4) is 0 Å². The van der Waals surface area contributed by atoms with Crippen molar-refractivity contribution in [2.75, 3.05) is 19.0 Å². The van der Waals surface area contributed by atoms with Gasteiger partial charge >= 0.3 is 5.97 Å². The number of anilines is 1. The minimum Gasteiger partial charge on any atom is -0.469 e. The van der Waals surface area contributed by atoms with Crippen LogP contribution in [-0.2, 0) is 9.53 Å². The number of aromatic nitrogens is 1. The third-order valence-electron chi connectivity index (χ3n) is 4.26. The number of esters is 1. The van der Waals surface area contributed by atoms with Gasteiger partial charge in [0.05, 0.1) is 32.5 Å². The van der Waals surface area contributed by atoms with E-state index >= 15 is 0 Å². The van der Waals surface area contributed by atoms with Crippen molar-refractivity contribution in [2.24, 2.45) is 9.98 Å². The predicted molar refractivity (Wildman–Crippen MR) is 117 cm³/mol. The monoisotopic (exact) mass is 462 g/mol. The Balaban J connectivity index is 2.12. The molecule has 8 heteroatoms. The smallest absolute Gasteiger partial charge is 0.305 e. The zero-order chi connectivity index (χ0) is 24.2. The summed E-state index contributed by atoms with van der Waals surface area (Å²) in [6.45, 7) is -3.66. The molecule has 1 aliphatic rings. The molecule has 0 bridgehead atoms. The lowest BCUT2D eigenvalue weighted by atomic mass is 10.0. The van der Waals surface area contributed by atoms with Crippen molar-refractivity contribution in [1.82, 2.24) is 4.98 Å². The van der Waals surface area contributed by atoms with Crippen molar-refractivity contribution in [3.05, 3.63) is 58.3 Å². The van der Waals surface area contributed by atoms with Crippen molar-refractivity contribution >= 4 is 39.1 Å². The van der Waals surface area contributed by atoms with E-state index in [9.17, 15) is 9.90 Å². The molecule has 2 N–H and O–H groups in total. The Morgan fingerprint density at radius 2 is 2.34 bits per heavy atom. The Bertz CT molecular complexity index is 1070. The number of nitrogens with zero attached hydrogens (tertiary/aromatic N) is 3. The number of pyridine rings is 1. The number of methoxy groups -OCH3 is 1. The average Bonchev–Trinajstić information content (AvgIpc) is 2.92. The van der Waals surface area contributed by atoms with E-state index < -0.39 is 31.5 Å². The van der Waals surface area contributed by atoms with E-state index in [2.05, 4.69) is 31.2 Å². The van der Waals surface area contributed by atoms with Crippen LogP contribution in [0.4, 0.5) is 5.69 Å². The Morgan fingerprint density at radius 3 is 3.07 bits per heavy atom. The SMILES string of the molecule is [2H]C([2H])([2H])C([2H])(O)CN=C1Nc2ccc(Br)cc2C(c2ccccn2)=NC1CCC(=O)OC. The second-order valence-electron chi connectivity index (χ2n) is 6.29. The van der Waals surface area contributed by atoms with E-state index in [4.69, 9.17) is 15.2 Å². The summed E-state index contributed by atoms with van der Waals surface area (Å²) < 4.78 is 35.5. The maximum Gasteiger partial charge on any atom is 0.305 e. The molecule has 0 saturated carbocycles. The first-order valence-corrected chi connectivity index (χ1v) is 9.71. The van der Waals surface area contributed by atoms with Crippen LogP contribution < -0.4 is 5.32 Å². The Labute approximate surface area is 183 Å². The predicted octanol–water partition coefficient (Wildman–Crippen LogP) is 3.21. The molecule has 1 aliphatic heterocycles. The van der Waals surface area contributed by atoms with Gasteiger partial charge < -0.3 is 15.2 Å². The second kappa shape index (κ2) is 9.76. The van der Waals surface area contributed by atoms with Crippen LogP contribution in [0.15, 0.2) is 57.1 Å². The molecular weight excluding hydrogens is 436 g/mol. The van der Waals surface area contributed by atoms with E-state index in [0.717, 1.165) is 4.47 Å². The minimum atomic E-state index is -2.95. The largest absolute Gasteiger partial charge is 0.469 e. The number of nitrogens with one attached hydrogen (secondary N) is 1. The molecule has 152 valence electrons. The van der Waals surface area contributed by atoms with Crippen LogP contribution in [0.5, 0.6) is 0 Å². The number of aliphatic imine (C=N–C) groups is 2. The van der Waals surface area contributed by atoms with E-state index in [0.29, 0.717) is 22.7 Å². The highest BCUT2D eigenvalue weighted by Gasteiger charge is 2.26. The van der Waals surface area contributed by atoms with Crippen molar-refractivity contribution in [1.29, 1.82) is 0 Å². The van der Waals surface area contributed by atoms with Gasteiger partial charge in [0.15, 0.2) is 0 Å². The number of carbonyl (C=O) groups is 1. The summed E-state index contributed by atoms with van der Waals surface area (Å²) in [6.07, 6.45) is -0.903. The molecule has 1 aromatic heterocycles. The highest BCUT2D eigenvalue weighted by atomic mass is 79.9. The quantitative estimate of drug-likeness (QED) is 0.642. The zero-order valence-corrected chi connectivity index (χ0v) is 17.3. The van der Waals surface area contributed by atoms with Gasteiger partial charge in [0, 0.05) is 32.5 Å². The molecule has 0 aliphatic carbocycles. The first-order valence-electron chi connectivity index (χ1n) is 10.9. The Morgan fingerprint density at radius 1 is 1.48 bits per heavy atom. The maximum absolute atomic E-state index is 11.8. The normalized spacial score (nSPS) is 21.8. The number of halogens is 1. The molecule has 29 heavy (non-hydrogen) atoms. The van der Waals surface area contributed by atoms with Gasteiger partial charge in [-0.3, -0.25) is 19.8 Å². The maximum atomic E-state index is 11.8. The highest BCUT2D eigenvalue weighted by molar-refractivity contribution is 9.10. The molecule has 1 aromatic carbocycles. The number of hydrogen-bond donors (Lipinski definition) is 2. The molecule has 0 saturated heterocycles. The number of fused-ring (bicyclic) bond motifs is 1. The van der Waals surface area contributed by atoms with Crippen LogP contribution in [0.1, 0.15) is 36.4 Å². The molecule has 2 unspecified atom stereocenters. The molecular formula is C21H23BrN4O3. The topological polar surface area (TPSA) is 96.2 Å². The summed E-state index contributed by atoms with van der Waals surface area (Å²) in [7, 11) is 1.29. The Kier molecular flexibility index (Phi) is 5.46. The number of amidine groups is 1. The van der Waals surface area contributed by atoms with E-state index in [-0.39, 0.29) is 18.7 Å². The fourth-order valence-electron chi connectivity index (χ4n) is 2.90. The van der Waals surface area contributed by atoms with E-state index in [1.54, 1.807) is 24.4 Å².